The smallest absolute Gasteiger partial charge is 0.0354 e. The van der Waals surface area contributed by atoms with E-state index in [9.17, 15) is 0 Å². The number of fused-ring (bicyclic) bond motifs is 2. The normalized spacial score (nSPS) is 38.8. The Balaban J connectivity index is 1.57. The molecule has 0 aromatic carbocycles. The van der Waals surface area contributed by atoms with Crippen molar-refractivity contribution in [2.45, 2.75) is 24.9 Å². The first-order valence-corrected chi connectivity index (χ1v) is 7.83. The van der Waals surface area contributed by atoms with E-state index in [0.29, 0.717) is 23.9 Å². The second-order valence-corrected chi connectivity index (χ2v) is 6.21. The van der Waals surface area contributed by atoms with Crippen LogP contribution in [0.15, 0.2) is 59.8 Å². The maximum Gasteiger partial charge on any atom is 0.0354 e. The van der Waals surface area contributed by atoms with Crippen LogP contribution < -0.4 is 10.6 Å². The third kappa shape index (κ3) is 2.23. The lowest BCUT2D eigenvalue weighted by Gasteiger charge is -2.34. The minimum absolute atomic E-state index is 0.487. The molecule has 0 radical (unpaired) electrons. The van der Waals surface area contributed by atoms with Crippen molar-refractivity contribution in [2.24, 2.45) is 11.8 Å². The van der Waals surface area contributed by atoms with Crippen LogP contribution in [0.5, 0.6) is 0 Å². The number of piperidine rings is 1. The average Bonchev–Trinajstić information content (AvgIpc) is 2.54. The number of hydrogen-bond acceptors (Lipinski definition) is 2. The zero-order valence-corrected chi connectivity index (χ0v) is 11.8. The highest BCUT2D eigenvalue weighted by Crippen LogP contribution is 2.30. The van der Waals surface area contributed by atoms with Gasteiger partial charge in [-0.3, -0.25) is 0 Å². The summed E-state index contributed by atoms with van der Waals surface area (Å²) in [6.07, 6.45) is 21.1. The quantitative estimate of drug-likeness (QED) is 0.762. The van der Waals surface area contributed by atoms with Gasteiger partial charge in [0.05, 0.1) is 0 Å². The minimum atomic E-state index is 0.487. The zero-order chi connectivity index (χ0) is 13.4. The highest BCUT2D eigenvalue weighted by molar-refractivity contribution is 5.47. The fourth-order valence-corrected chi connectivity index (χ4v) is 3.75. The molecule has 2 nitrogen and oxygen atoms in total. The maximum atomic E-state index is 3.64. The van der Waals surface area contributed by atoms with Crippen LogP contribution in [0, 0.1) is 11.8 Å². The highest BCUT2D eigenvalue weighted by Gasteiger charge is 2.27. The van der Waals surface area contributed by atoms with Crippen LogP contribution in [0.1, 0.15) is 12.8 Å². The number of allylic oxidation sites excluding steroid dienone is 3. The molecule has 104 valence electrons. The second kappa shape index (κ2) is 5.19. The van der Waals surface area contributed by atoms with Crippen molar-refractivity contribution in [3.63, 3.8) is 0 Å². The van der Waals surface area contributed by atoms with Gasteiger partial charge in [-0.2, -0.15) is 0 Å². The van der Waals surface area contributed by atoms with E-state index in [0.717, 1.165) is 6.54 Å². The van der Waals surface area contributed by atoms with Crippen molar-refractivity contribution >= 4 is 0 Å². The lowest BCUT2D eigenvalue weighted by molar-refractivity contribution is 0.371. The topological polar surface area (TPSA) is 24.1 Å². The Hall–Kier alpha value is -1.38. The molecular weight excluding hydrogens is 244 g/mol. The Morgan fingerprint density at radius 3 is 2.90 bits per heavy atom. The number of hydrogen-bond donors (Lipinski definition) is 2. The van der Waals surface area contributed by atoms with E-state index < -0.39 is 0 Å². The van der Waals surface area contributed by atoms with Gasteiger partial charge in [0.15, 0.2) is 0 Å². The Labute approximate surface area is 121 Å². The molecule has 2 N–H and O–H groups in total. The van der Waals surface area contributed by atoms with E-state index >= 15 is 0 Å². The van der Waals surface area contributed by atoms with Gasteiger partial charge in [0.2, 0.25) is 0 Å². The molecule has 1 fully saturated rings. The molecule has 2 heteroatoms. The summed E-state index contributed by atoms with van der Waals surface area (Å²) in [5.41, 5.74) is 2.90. The van der Waals surface area contributed by atoms with E-state index in [-0.39, 0.29) is 0 Å². The van der Waals surface area contributed by atoms with Crippen molar-refractivity contribution in [1.29, 1.82) is 0 Å². The molecule has 4 aliphatic rings. The lowest BCUT2D eigenvalue weighted by atomic mass is 9.81. The van der Waals surface area contributed by atoms with Crippen LogP contribution in [0.3, 0.4) is 0 Å². The zero-order valence-electron chi connectivity index (χ0n) is 11.8. The van der Waals surface area contributed by atoms with Gasteiger partial charge in [0, 0.05) is 24.5 Å². The van der Waals surface area contributed by atoms with E-state index in [2.05, 4.69) is 59.2 Å². The van der Waals surface area contributed by atoms with E-state index in [1.54, 1.807) is 0 Å². The molecule has 0 spiro atoms. The second-order valence-electron chi connectivity index (χ2n) is 6.21. The van der Waals surface area contributed by atoms with Crippen molar-refractivity contribution in [1.82, 2.24) is 10.6 Å². The summed E-state index contributed by atoms with van der Waals surface area (Å²) in [5, 5.41) is 7.25. The van der Waals surface area contributed by atoms with Gasteiger partial charge < -0.3 is 10.6 Å². The van der Waals surface area contributed by atoms with Crippen LogP contribution in [0.4, 0.5) is 0 Å². The first-order chi connectivity index (χ1) is 9.90. The van der Waals surface area contributed by atoms with Gasteiger partial charge in [-0.25, -0.2) is 0 Å². The molecule has 0 bridgehead atoms. The molecule has 0 saturated carbocycles. The Morgan fingerprint density at radius 2 is 1.90 bits per heavy atom. The van der Waals surface area contributed by atoms with Gasteiger partial charge in [0.25, 0.3) is 0 Å². The molecule has 1 saturated heterocycles. The molecular formula is C18H22N2. The molecule has 2 aliphatic heterocycles. The maximum absolute atomic E-state index is 3.64. The van der Waals surface area contributed by atoms with Crippen LogP contribution in [0.25, 0.3) is 0 Å². The third-order valence-electron chi connectivity index (χ3n) is 4.90. The Kier molecular flexibility index (Phi) is 3.21. The predicted octanol–water partition coefficient (Wildman–Crippen LogP) is 2.49. The summed E-state index contributed by atoms with van der Waals surface area (Å²) in [6.45, 7) is 2.15. The molecule has 0 aromatic rings. The van der Waals surface area contributed by atoms with Crippen molar-refractivity contribution < 1.29 is 0 Å². The largest absolute Gasteiger partial charge is 0.310 e. The molecule has 0 aromatic heterocycles. The summed E-state index contributed by atoms with van der Waals surface area (Å²) >= 11 is 0. The SMILES string of the molecule is C1=CC2C=C(C3=CC4CCCNC4C=C3)CNC2C=C1. The van der Waals surface area contributed by atoms with Crippen LogP contribution in [-0.2, 0) is 0 Å². The summed E-state index contributed by atoms with van der Waals surface area (Å²) in [7, 11) is 0. The van der Waals surface area contributed by atoms with E-state index in [1.165, 1.54) is 30.5 Å². The number of nitrogens with one attached hydrogen (secondary N) is 2. The number of rotatable bonds is 1. The van der Waals surface area contributed by atoms with Gasteiger partial charge in [-0.05, 0) is 36.5 Å². The van der Waals surface area contributed by atoms with Gasteiger partial charge in [-0.15, -0.1) is 0 Å². The fourth-order valence-electron chi connectivity index (χ4n) is 3.75. The van der Waals surface area contributed by atoms with Gasteiger partial charge in [0.1, 0.15) is 0 Å². The van der Waals surface area contributed by atoms with Gasteiger partial charge >= 0.3 is 0 Å². The summed E-state index contributed by atoms with van der Waals surface area (Å²) < 4.78 is 0. The molecule has 4 atom stereocenters. The molecule has 4 unspecified atom stereocenters. The minimum Gasteiger partial charge on any atom is -0.310 e. The van der Waals surface area contributed by atoms with E-state index in [4.69, 9.17) is 0 Å². The molecule has 4 rings (SSSR count). The van der Waals surface area contributed by atoms with Crippen molar-refractivity contribution in [3.05, 3.63) is 59.8 Å². The third-order valence-corrected chi connectivity index (χ3v) is 4.90. The Bertz CT molecular complexity index is 536. The lowest BCUT2D eigenvalue weighted by Crippen LogP contribution is -2.41. The molecule has 2 heterocycles. The van der Waals surface area contributed by atoms with Crippen molar-refractivity contribution in [2.75, 3.05) is 13.1 Å². The van der Waals surface area contributed by atoms with Crippen LogP contribution >= 0.6 is 0 Å². The summed E-state index contributed by atoms with van der Waals surface area (Å²) in [4.78, 5) is 0. The van der Waals surface area contributed by atoms with Crippen molar-refractivity contribution in [3.8, 4) is 0 Å². The Morgan fingerprint density at radius 1 is 0.950 bits per heavy atom. The molecule has 20 heavy (non-hydrogen) atoms. The first-order valence-electron chi connectivity index (χ1n) is 7.83. The van der Waals surface area contributed by atoms with Crippen LogP contribution in [0.2, 0.25) is 0 Å². The standard InChI is InChI=1S/C18H22N2/c1-2-6-17-14(4-1)11-16(12-20-17)13-7-8-18-15(10-13)5-3-9-19-18/h1-2,4,6-8,10-11,14-15,17-20H,3,5,9,12H2. The van der Waals surface area contributed by atoms with Gasteiger partial charge in [-0.1, -0.05) is 48.6 Å². The average molecular weight is 266 g/mol. The fraction of sp³-hybridized carbons (Fsp3) is 0.444. The molecule has 0 amide bonds. The first kappa shape index (κ1) is 12.4. The predicted molar refractivity (Wildman–Crippen MR) is 83.4 cm³/mol. The van der Waals surface area contributed by atoms with E-state index in [1.807, 2.05) is 0 Å². The molecule has 2 aliphatic carbocycles. The summed E-state index contributed by atoms with van der Waals surface area (Å²) in [6, 6.07) is 1.05. The monoisotopic (exact) mass is 266 g/mol. The summed E-state index contributed by atoms with van der Waals surface area (Å²) in [5.74, 6) is 1.20. The highest BCUT2D eigenvalue weighted by atomic mass is 14.9. The van der Waals surface area contributed by atoms with Crippen LogP contribution in [-0.4, -0.2) is 25.2 Å².